The number of carbonyl (C=O) groups is 1. The van der Waals surface area contributed by atoms with E-state index < -0.39 is 17.9 Å². The molecule has 2 aromatic carbocycles. The summed E-state index contributed by atoms with van der Waals surface area (Å²) < 4.78 is 25.5. The molecule has 1 amide bonds. The van der Waals surface area contributed by atoms with E-state index in [1.54, 1.807) is 37.4 Å². The first-order valence-electron chi connectivity index (χ1n) is 8.21. The van der Waals surface area contributed by atoms with Crippen molar-refractivity contribution in [2.45, 2.75) is 12.0 Å². The Morgan fingerprint density at radius 2 is 2.04 bits per heavy atom. The van der Waals surface area contributed by atoms with E-state index in [0.29, 0.717) is 27.1 Å². The Kier molecular flexibility index (Phi) is 4.21. The molecule has 0 aliphatic carbocycles. The fourth-order valence-electron chi connectivity index (χ4n) is 3.46. The fourth-order valence-corrected chi connectivity index (χ4v) is 4.77. The maximum absolute atomic E-state index is 14.4. The van der Waals surface area contributed by atoms with Gasteiger partial charge in [-0.15, -0.1) is 11.3 Å². The van der Waals surface area contributed by atoms with Crippen LogP contribution in [0.15, 0.2) is 36.4 Å². The van der Waals surface area contributed by atoms with Gasteiger partial charge in [0.2, 0.25) is 5.91 Å². The van der Waals surface area contributed by atoms with Crippen molar-refractivity contribution < 1.29 is 18.7 Å². The molecule has 1 aliphatic rings. The number of thiophene rings is 1. The van der Waals surface area contributed by atoms with E-state index in [1.165, 1.54) is 24.5 Å². The number of amides is 1. The predicted molar refractivity (Wildman–Crippen MR) is 99.7 cm³/mol. The average Bonchev–Trinajstić information content (AvgIpc) is 3.08. The maximum Gasteiger partial charge on any atom is 0.242 e. The van der Waals surface area contributed by atoms with E-state index in [1.807, 2.05) is 6.07 Å². The Hall–Kier alpha value is -3.11. The third kappa shape index (κ3) is 2.61. The number of hydrogen-bond donors (Lipinski definition) is 1. The molecule has 0 saturated carbocycles. The third-order valence-electron chi connectivity index (χ3n) is 4.72. The Bertz CT molecular complexity index is 1100. The molecule has 0 bridgehead atoms. The zero-order valence-corrected chi connectivity index (χ0v) is 15.4. The van der Waals surface area contributed by atoms with Crippen molar-refractivity contribution in [3.05, 3.63) is 58.2 Å². The van der Waals surface area contributed by atoms with E-state index in [-0.39, 0.29) is 5.82 Å². The Balaban J connectivity index is 1.98. The van der Waals surface area contributed by atoms with Gasteiger partial charge in [0.1, 0.15) is 17.3 Å². The summed E-state index contributed by atoms with van der Waals surface area (Å²) in [6.07, 6.45) is 0. The standard InChI is InChI=1S/C20H15FN2O3S/c1-25-10-6-7-11(15(8-10)26-2)17-19-16(13(9-22)20(24)23-17)12-4-3-5-14(21)18(12)27-19/h3-8,13,17H,1-2H3,(H,23,24). The molecule has 136 valence electrons. The van der Waals surface area contributed by atoms with Crippen LogP contribution in [-0.2, 0) is 4.79 Å². The molecule has 27 heavy (non-hydrogen) atoms. The second kappa shape index (κ2) is 6.56. The van der Waals surface area contributed by atoms with Crippen LogP contribution < -0.4 is 14.8 Å². The van der Waals surface area contributed by atoms with Gasteiger partial charge in [0, 0.05) is 27.5 Å². The molecule has 0 fully saturated rings. The average molecular weight is 382 g/mol. The van der Waals surface area contributed by atoms with Gasteiger partial charge < -0.3 is 14.8 Å². The molecule has 1 aliphatic heterocycles. The summed E-state index contributed by atoms with van der Waals surface area (Å²) in [4.78, 5) is 13.4. The summed E-state index contributed by atoms with van der Waals surface area (Å²) in [7, 11) is 3.09. The number of halogens is 1. The number of methoxy groups -OCH3 is 2. The van der Waals surface area contributed by atoms with Gasteiger partial charge in [-0.25, -0.2) is 4.39 Å². The molecule has 3 aromatic rings. The third-order valence-corrected chi connectivity index (χ3v) is 6.01. The van der Waals surface area contributed by atoms with Crippen molar-refractivity contribution in [1.29, 1.82) is 5.26 Å². The summed E-state index contributed by atoms with van der Waals surface area (Å²) >= 11 is 1.25. The van der Waals surface area contributed by atoms with E-state index in [9.17, 15) is 14.4 Å². The SMILES string of the molecule is COc1ccc(C2NC(=O)C(C#N)c3c2sc2c(F)cccc32)c(OC)c1. The van der Waals surface area contributed by atoms with Crippen LogP contribution in [0.3, 0.4) is 0 Å². The maximum atomic E-state index is 14.4. The highest BCUT2D eigenvalue weighted by Crippen LogP contribution is 2.47. The highest BCUT2D eigenvalue weighted by molar-refractivity contribution is 7.19. The number of carbonyl (C=O) groups excluding carboxylic acids is 1. The first-order valence-corrected chi connectivity index (χ1v) is 9.03. The lowest BCUT2D eigenvalue weighted by Crippen LogP contribution is -2.38. The van der Waals surface area contributed by atoms with Crippen LogP contribution in [-0.4, -0.2) is 20.1 Å². The molecule has 1 aromatic heterocycles. The lowest BCUT2D eigenvalue weighted by Gasteiger charge is -2.28. The van der Waals surface area contributed by atoms with Gasteiger partial charge in [-0.2, -0.15) is 5.26 Å². The molecule has 4 rings (SSSR count). The van der Waals surface area contributed by atoms with E-state index in [4.69, 9.17) is 9.47 Å². The smallest absolute Gasteiger partial charge is 0.242 e. The lowest BCUT2D eigenvalue weighted by atomic mass is 9.87. The van der Waals surface area contributed by atoms with Crippen LogP contribution in [0.2, 0.25) is 0 Å². The first kappa shape index (κ1) is 17.3. The minimum Gasteiger partial charge on any atom is -0.497 e. The molecule has 2 atom stereocenters. The number of ether oxygens (including phenoxy) is 2. The van der Waals surface area contributed by atoms with Crippen LogP contribution in [0.4, 0.5) is 4.39 Å². The molecule has 7 heteroatoms. The molecule has 2 unspecified atom stereocenters. The van der Waals surface area contributed by atoms with Crippen LogP contribution in [0.1, 0.15) is 28.0 Å². The van der Waals surface area contributed by atoms with Gasteiger partial charge in [-0.1, -0.05) is 12.1 Å². The van der Waals surface area contributed by atoms with Gasteiger partial charge >= 0.3 is 0 Å². The summed E-state index contributed by atoms with van der Waals surface area (Å²) in [6.45, 7) is 0. The number of nitriles is 1. The molecule has 2 heterocycles. The predicted octanol–water partition coefficient (Wildman–Crippen LogP) is 3.88. The van der Waals surface area contributed by atoms with Crippen molar-refractivity contribution in [3.63, 3.8) is 0 Å². The molecule has 1 N–H and O–H groups in total. The summed E-state index contributed by atoms with van der Waals surface area (Å²) in [5, 5.41) is 13.0. The van der Waals surface area contributed by atoms with Crippen molar-refractivity contribution in [2.75, 3.05) is 14.2 Å². The number of nitrogens with zero attached hydrogens (tertiary/aromatic N) is 1. The monoisotopic (exact) mass is 382 g/mol. The van der Waals surface area contributed by atoms with Crippen molar-refractivity contribution in [3.8, 4) is 17.6 Å². The molecule has 0 radical (unpaired) electrons. The van der Waals surface area contributed by atoms with Crippen LogP contribution in [0.5, 0.6) is 11.5 Å². The molecule has 5 nitrogen and oxygen atoms in total. The minimum absolute atomic E-state index is 0.364. The Morgan fingerprint density at radius 1 is 1.22 bits per heavy atom. The van der Waals surface area contributed by atoms with E-state index >= 15 is 0 Å². The topological polar surface area (TPSA) is 71.3 Å². The zero-order valence-electron chi connectivity index (χ0n) is 14.6. The van der Waals surface area contributed by atoms with E-state index in [2.05, 4.69) is 5.32 Å². The van der Waals surface area contributed by atoms with Gasteiger partial charge in [0.15, 0.2) is 5.92 Å². The van der Waals surface area contributed by atoms with Crippen LogP contribution in [0, 0.1) is 17.1 Å². The van der Waals surface area contributed by atoms with Gasteiger partial charge in [0.05, 0.1) is 31.0 Å². The Labute approximate surface area is 158 Å². The quantitative estimate of drug-likeness (QED) is 0.746. The van der Waals surface area contributed by atoms with Crippen molar-refractivity contribution in [1.82, 2.24) is 5.32 Å². The number of nitrogens with one attached hydrogen (secondary N) is 1. The molecule has 0 saturated heterocycles. The number of benzene rings is 2. The van der Waals surface area contributed by atoms with E-state index in [0.717, 1.165) is 10.4 Å². The zero-order chi connectivity index (χ0) is 19.1. The first-order chi connectivity index (χ1) is 13.1. The number of hydrogen-bond acceptors (Lipinski definition) is 5. The van der Waals surface area contributed by atoms with Crippen molar-refractivity contribution >= 4 is 27.3 Å². The van der Waals surface area contributed by atoms with Crippen molar-refractivity contribution in [2.24, 2.45) is 0 Å². The number of fused-ring (bicyclic) bond motifs is 3. The minimum atomic E-state index is -0.976. The fraction of sp³-hybridized carbons (Fsp3) is 0.200. The van der Waals surface area contributed by atoms with Gasteiger partial charge in [-0.05, 0) is 18.2 Å². The van der Waals surface area contributed by atoms with Crippen LogP contribution in [0.25, 0.3) is 10.1 Å². The summed E-state index contributed by atoms with van der Waals surface area (Å²) in [5.74, 6) is -0.585. The van der Waals surface area contributed by atoms with Gasteiger partial charge in [-0.3, -0.25) is 4.79 Å². The largest absolute Gasteiger partial charge is 0.497 e. The molecule has 0 spiro atoms. The molecular formula is C20H15FN2O3S. The second-order valence-electron chi connectivity index (χ2n) is 6.11. The van der Waals surface area contributed by atoms with Gasteiger partial charge in [0.25, 0.3) is 0 Å². The molecular weight excluding hydrogens is 367 g/mol. The highest BCUT2D eigenvalue weighted by atomic mass is 32.1. The van der Waals surface area contributed by atoms with Crippen LogP contribution >= 0.6 is 11.3 Å². The number of rotatable bonds is 3. The highest BCUT2D eigenvalue weighted by Gasteiger charge is 2.38. The Morgan fingerprint density at radius 3 is 2.74 bits per heavy atom. The summed E-state index contributed by atoms with van der Waals surface area (Å²) in [6, 6.07) is 11.5. The lowest BCUT2D eigenvalue weighted by molar-refractivity contribution is -0.122. The second-order valence-corrected chi connectivity index (χ2v) is 7.16. The normalized spacial score (nSPS) is 18.5. The summed E-state index contributed by atoms with van der Waals surface area (Å²) in [5.41, 5.74) is 1.29.